The molecule has 0 aromatic carbocycles. The van der Waals surface area contributed by atoms with Crippen LogP contribution in [-0.4, -0.2) is 43.8 Å². The van der Waals surface area contributed by atoms with Crippen molar-refractivity contribution in [2.24, 2.45) is 0 Å². The number of carbonyl (C=O) groups excluding carboxylic acids is 2. The van der Waals surface area contributed by atoms with Crippen molar-refractivity contribution >= 4 is 12.1 Å². The van der Waals surface area contributed by atoms with Crippen LogP contribution in [0.5, 0.6) is 5.75 Å². The van der Waals surface area contributed by atoms with Crippen LogP contribution in [0.4, 0.5) is 4.79 Å². The number of furan rings is 1. The van der Waals surface area contributed by atoms with Crippen molar-refractivity contribution in [2.45, 2.75) is 32.9 Å². The molecule has 7 nitrogen and oxygen atoms in total. The van der Waals surface area contributed by atoms with Crippen molar-refractivity contribution in [3.63, 3.8) is 0 Å². The maximum Gasteiger partial charge on any atom is 0.410 e. The van der Waals surface area contributed by atoms with E-state index in [-0.39, 0.29) is 23.6 Å². The van der Waals surface area contributed by atoms with Crippen LogP contribution in [0.15, 0.2) is 10.7 Å². The summed E-state index contributed by atoms with van der Waals surface area (Å²) in [6, 6.07) is 0. The van der Waals surface area contributed by atoms with E-state index in [1.807, 2.05) is 0 Å². The molecule has 7 heteroatoms. The first-order valence-electron chi connectivity index (χ1n) is 6.36. The van der Waals surface area contributed by atoms with Gasteiger partial charge in [0, 0.05) is 7.05 Å². The summed E-state index contributed by atoms with van der Waals surface area (Å²) in [4.78, 5) is 25.0. The van der Waals surface area contributed by atoms with Crippen molar-refractivity contribution in [3.8, 4) is 5.75 Å². The van der Waals surface area contributed by atoms with E-state index in [1.54, 1.807) is 27.8 Å². The van der Waals surface area contributed by atoms with Gasteiger partial charge in [0.2, 0.25) is 0 Å². The lowest BCUT2D eigenvalue weighted by atomic mass is 10.2. The van der Waals surface area contributed by atoms with Gasteiger partial charge in [-0.15, -0.1) is 0 Å². The van der Waals surface area contributed by atoms with E-state index in [0.717, 1.165) is 0 Å². The van der Waals surface area contributed by atoms with Gasteiger partial charge >= 0.3 is 12.1 Å². The number of carbonyl (C=O) groups is 2. The first kappa shape index (κ1) is 16.9. The number of hydrogen-bond donors (Lipinski definition) is 0. The molecular weight excluding hydrogens is 278 g/mol. The first-order chi connectivity index (χ1) is 9.69. The second-order valence-corrected chi connectivity index (χ2v) is 5.43. The zero-order chi connectivity index (χ0) is 16.2. The van der Waals surface area contributed by atoms with Crippen LogP contribution in [0.2, 0.25) is 0 Å². The monoisotopic (exact) mass is 299 g/mol. The van der Waals surface area contributed by atoms with Crippen molar-refractivity contribution < 1.29 is 28.2 Å². The maximum absolute atomic E-state index is 11.9. The van der Waals surface area contributed by atoms with Gasteiger partial charge in [0.15, 0.2) is 5.75 Å². The average molecular weight is 299 g/mol. The molecule has 0 radical (unpaired) electrons. The molecule has 0 saturated heterocycles. The van der Waals surface area contributed by atoms with Crippen molar-refractivity contribution in [1.82, 2.24) is 4.90 Å². The fraction of sp³-hybridized carbons (Fsp3) is 0.571. The highest BCUT2D eigenvalue weighted by Crippen LogP contribution is 2.26. The highest BCUT2D eigenvalue weighted by atomic mass is 16.6. The Hall–Kier alpha value is -2.18. The maximum atomic E-state index is 11.9. The van der Waals surface area contributed by atoms with Crippen LogP contribution in [0.1, 0.15) is 36.9 Å². The average Bonchev–Trinajstić information content (AvgIpc) is 2.78. The molecule has 1 aromatic rings. The Labute approximate surface area is 123 Å². The zero-order valence-electron chi connectivity index (χ0n) is 13.2. The quantitative estimate of drug-likeness (QED) is 0.795. The lowest BCUT2D eigenvalue weighted by molar-refractivity contribution is 0.0271. The Morgan fingerprint density at radius 3 is 2.38 bits per heavy atom. The van der Waals surface area contributed by atoms with Gasteiger partial charge in [-0.1, -0.05) is 0 Å². The van der Waals surface area contributed by atoms with Gasteiger partial charge in [-0.2, -0.15) is 0 Å². The normalized spacial score (nSPS) is 11.0. The second kappa shape index (κ2) is 6.51. The summed E-state index contributed by atoms with van der Waals surface area (Å²) >= 11 is 0. The Morgan fingerprint density at radius 2 is 1.90 bits per heavy atom. The molecular formula is C14H21NO6. The van der Waals surface area contributed by atoms with Crippen LogP contribution in [0, 0.1) is 0 Å². The van der Waals surface area contributed by atoms with Gasteiger partial charge in [0.1, 0.15) is 23.2 Å². The Bertz CT molecular complexity index is 514. The number of methoxy groups -OCH3 is 2. The molecule has 0 aliphatic heterocycles. The summed E-state index contributed by atoms with van der Waals surface area (Å²) in [5.41, 5.74) is -0.437. The Kier molecular flexibility index (Phi) is 5.23. The molecule has 118 valence electrons. The summed E-state index contributed by atoms with van der Waals surface area (Å²) in [6.07, 6.45) is 0.776. The van der Waals surface area contributed by atoms with E-state index in [2.05, 4.69) is 4.74 Å². The van der Waals surface area contributed by atoms with Crippen molar-refractivity contribution in [1.29, 1.82) is 0 Å². The molecule has 0 atom stereocenters. The standard InChI is InChI=1S/C14H21NO6/c1-14(2,3)21-13(17)15(4)7-9-11(12(16)19-6)10(18-5)8-20-9/h8H,7H2,1-6H3. The van der Waals surface area contributed by atoms with Crippen LogP contribution in [0.3, 0.4) is 0 Å². The summed E-state index contributed by atoms with van der Waals surface area (Å²) < 4.78 is 20.2. The number of hydrogen-bond acceptors (Lipinski definition) is 6. The molecule has 0 aliphatic rings. The highest BCUT2D eigenvalue weighted by molar-refractivity contribution is 5.93. The minimum Gasteiger partial charge on any atom is -0.492 e. The molecule has 0 saturated carbocycles. The molecule has 21 heavy (non-hydrogen) atoms. The third-order valence-corrected chi connectivity index (χ3v) is 2.53. The summed E-state index contributed by atoms with van der Waals surface area (Å²) in [6.45, 7) is 5.38. The third kappa shape index (κ3) is 4.40. The summed E-state index contributed by atoms with van der Waals surface area (Å²) in [5.74, 6) is -0.0605. The first-order valence-corrected chi connectivity index (χ1v) is 6.36. The largest absolute Gasteiger partial charge is 0.492 e. The lowest BCUT2D eigenvalue weighted by Crippen LogP contribution is -2.34. The molecule has 0 spiro atoms. The highest BCUT2D eigenvalue weighted by Gasteiger charge is 2.26. The van der Waals surface area contributed by atoms with Crippen LogP contribution < -0.4 is 4.74 Å². The minimum atomic E-state index is -0.600. The van der Waals surface area contributed by atoms with Gasteiger partial charge < -0.3 is 23.5 Å². The van der Waals surface area contributed by atoms with Gasteiger partial charge in [-0.05, 0) is 20.8 Å². The third-order valence-electron chi connectivity index (χ3n) is 2.53. The number of nitrogens with zero attached hydrogens (tertiary/aromatic N) is 1. The van der Waals surface area contributed by atoms with E-state index >= 15 is 0 Å². The van der Waals surface area contributed by atoms with E-state index < -0.39 is 17.7 Å². The lowest BCUT2D eigenvalue weighted by Gasteiger charge is -2.24. The molecule has 1 heterocycles. The SMILES string of the molecule is COC(=O)c1c(OC)coc1CN(C)C(=O)OC(C)(C)C. The summed E-state index contributed by atoms with van der Waals surface area (Å²) in [5, 5.41) is 0. The fourth-order valence-electron chi connectivity index (χ4n) is 1.58. The molecule has 0 unspecified atom stereocenters. The molecule has 0 aliphatic carbocycles. The fourth-order valence-corrected chi connectivity index (χ4v) is 1.58. The number of rotatable bonds is 4. The van der Waals surface area contributed by atoms with Crippen molar-refractivity contribution in [2.75, 3.05) is 21.3 Å². The van der Waals surface area contributed by atoms with E-state index in [9.17, 15) is 9.59 Å². The van der Waals surface area contributed by atoms with E-state index in [1.165, 1.54) is 25.4 Å². The Morgan fingerprint density at radius 1 is 1.29 bits per heavy atom. The molecule has 0 N–H and O–H groups in total. The molecule has 0 fully saturated rings. The molecule has 1 amide bonds. The van der Waals surface area contributed by atoms with Gasteiger partial charge in [-0.25, -0.2) is 9.59 Å². The van der Waals surface area contributed by atoms with Gasteiger partial charge in [0.05, 0.1) is 20.8 Å². The molecule has 1 rings (SSSR count). The minimum absolute atomic E-state index is 0.0582. The second-order valence-electron chi connectivity index (χ2n) is 5.43. The van der Waals surface area contributed by atoms with Gasteiger partial charge in [0.25, 0.3) is 0 Å². The van der Waals surface area contributed by atoms with Crippen molar-refractivity contribution in [3.05, 3.63) is 17.6 Å². The van der Waals surface area contributed by atoms with Crippen LogP contribution >= 0.6 is 0 Å². The van der Waals surface area contributed by atoms with Gasteiger partial charge in [-0.3, -0.25) is 0 Å². The zero-order valence-corrected chi connectivity index (χ0v) is 13.2. The number of amides is 1. The van der Waals surface area contributed by atoms with E-state index in [0.29, 0.717) is 0 Å². The van der Waals surface area contributed by atoms with Crippen LogP contribution in [-0.2, 0) is 16.0 Å². The molecule has 0 bridgehead atoms. The van der Waals surface area contributed by atoms with E-state index in [4.69, 9.17) is 13.9 Å². The topological polar surface area (TPSA) is 78.2 Å². The Balaban J connectivity index is 2.90. The molecule has 1 aromatic heterocycles. The summed E-state index contributed by atoms with van der Waals surface area (Å²) in [7, 11) is 4.22. The number of ether oxygens (including phenoxy) is 3. The smallest absolute Gasteiger partial charge is 0.410 e. The predicted molar refractivity (Wildman–Crippen MR) is 74.3 cm³/mol. The predicted octanol–water partition coefficient (Wildman–Crippen LogP) is 2.44. The number of esters is 1. The van der Waals surface area contributed by atoms with Crippen LogP contribution in [0.25, 0.3) is 0 Å².